The van der Waals surface area contributed by atoms with E-state index < -0.39 is 0 Å². The van der Waals surface area contributed by atoms with Gasteiger partial charge in [-0.25, -0.2) is 4.98 Å². The van der Waals surface area contributed by atoms with Crippen molar-refractivity contribution in [3.05, 3.63) is 53.1 Å². The van der Waals surface area contributed by atoms with Gasteiger partial charge >= 0.3 is 0 Å². The number of amides is 1. The summed E-state index contributed by atoms with van der Waals surface area (Å²) in [6, 6.07) is 7.29. The highest BCUT2D eigenvalue weighted by Crippen LogP contribution is 2.18. The molecule has 18 heavy (non-hydrogen) atoms. The number of aromatic amines is 1. The lowest BCUT2D eigenvalue weighted by molar-refractivity contribution is -0.122. The molecule has 1 aromatic heterocycles. The minimum absolute atomic E-state index is 0.0336. The Morgan fingerprint density at radius 3 is 2.78 bits per heavy atom. The van der Waals surface area contributed by atoms with E-state index in [1.165, 1.54) is 0 Å². The van der Waals surface area contributed by atoms with Crippen molar-refractivity contribution in [2.45, 2.75) is 19.4 Å². The van der Waals surface area contributed by atoms with Crippen molar-refractivity contribution >= 4 is 17.5 Å². The Bertz CT molecular complexity index is 508. The van der Waals surface area contributed by atoms with Crippen LogP contribution in [0.3, 0.4) is 0 Å². The summed E-state index contributed by atoms with van der Waals surface area (Å²) in [5.41, 5.74) is 0.941. The molecule has 0 radical (unpaired) electrons. The quantitative estimate of drug-likeness (QED) is 0.890. The molecule has 2 rings (SSSR count). The highest BCUT2D eigenvalue weighted by atomic mass is 35.5. The lowest BCUT2D eigenvalue weighted by Crippen LogP contribution is -2.27. The molecule has 1 aromatic carbocycles. The van der Waals surface area contributed by atoms with Crippen LogP contribution in [-0.2, 0) is 11.3 Å². The summed E-state index contributed by atoms with van der Waals surface area (Å²) in [4.78, 5) is 18.9. The van der Waals surface area contributed by atoms with Crippen LogP contribution in [0.5, 0.6) is 0 Å². The summed E-state index contributed by atoms with van der Waals surface area (Å²) in [5, 5.41) is 3.50. The zero-order chi connectivity index (χ0) is 13.0. The summed E-state index contributed by atoms with van der Waals surface area (Å²) in [5.74, 6) is 0.498. The highest BCUT2D eigenvalue weighted by Gasteiger charge is 2.14. The summed E-state index contributed by atoms with van der Waals surface area (Å²) in [6.45, 7) is 2.27. The minimum Gasteiger partial charge on any atom is -0.348 e. The SMILES string of the molecule is C[C@H](C(=O)NCc1ncc[nH]1)c1ccc(Cl)cc1. The monoisotopic (exact) mass is 263 g/mol. The van der Waals surface area contributed by atoms with E-state index in [-0.39, 0.29) is 11.8 Å². The van der Waals surface area contributed by atoms with Gasteiger partial charge < -0.3 is 10.3 Å². The summed E-state index contributed by atoms with van der Waals surface area (Å²) in [6.07, 6.45) is 3.38. The van der Waals surface area contributed by atoms with Crippen molar-refractivity contribution in [3.63, 3.8) is 0 Å². The third-order valence-electron chi connectivity index (χ3n) is 2.75. The number of benzene rings is 1. The average Bonchev–Trinajstić information content (AvgIpc) is 2.89. The molecule has 1 amide bonds. The van der Waals surface area contributed by atoms with Crippen LogP contribution in [0.15, 0.2) is 36.7 Å². The number of nitrogens with one attached hydrogen (secondary N) is 2. The molecular weight excluding hydrogens is 250 g/mol. The maximum absolute atomic E-state index is 11.9. The molecule has 1 atom stereocenters. The molecule has 94 valence electrons. The van der Waals surface area contributed by atoms with Crippen LogP contribution in [0.25, 0.3) is 0 Å². The number of aromatic nitrogens is 2. The molecule has 0 fully saturated rings. The van der Waals surface area contributed by atoms with Crippen molar-refractivity contribution in [2.75, 3.05) is 0 Å². The fraction of sp³-hybridized carbons (Fsp3) is 0.231. The third kappa shape index (κ3) is 3.11. The molecule has 0 saturated carbocycles. The first-order valence-electron chi connectivity index (χ1n) is 5.68. The van der Waals surface area contributed by atoms with Gasteiger partial charge in [-0.2, -0.15) is 0 Å². The first kappa shape index (κ1) is 12.6. The second-order valence-electron chi connectivity index (χ2n) is 4.03. The molecule has 0 unspecified atom stereocenters. The molecule has 2 N–H and O–H groups in total. The number of carbonyl (C=O) groups excluding carboxylic acids is 1. The van der Waals surface area contributed by atoms with Crippen LogP contribution in [0, 0.1) is 0 Å². The number of hydrogen-bond acceptors (Lipinski definition) is 2. The van der Waals surface area contributed by atoms with Gasteiger partial charge in [0.25, 0.3) is 0 Å². The fourth-order valence-electron chi connectivity index (χ4n) is 1.62. The predicted octanol–water partition coefficient (Wildman–Crippen LogP) is 2.48. The van der Waals surface area contributed by atoms with Gasteiger partial charge in [0.15, 0.2) is 0 Å². The van der Waals surface area contributed by atoms with Gasteiger partial charge in [-0.15, -0.1) is 0 Å². The van der Waals surface area contributed by atoms with Gasteiger partial charge in [0.1, 0.15) is 5.82 Å². The number of imidazole rings is 1. The van der Waals surface area contributed by atoms with Crippen molar-refractivity contribution in [2.24, 2.45) is 0 Å². The largest absolute Gasteiger partial charge is 0.348 e. The summed E-state index contributed by atoms with van der Waals surface area (Å²) < 4.78 is 0. The zero-order valence-corrected chi connectivity index (χ0v) is 10.7. The van der Waals surface area contributed by atoms with Gasteiger partial charge in [0.05, 0.1) is 12.5 Å². The molecular formula is C13H14ClN3O. The second kappa shape index (κ2) is 5.69. The Kier molecular flexibility index (Phi) is 3.99. The number of nitrogens with zero attached hydrogens (tertiary/aromatic N) is 1. The molecule has 0 bridgehead atoms. The Morgan fingerprint density at radius 1 is 1.44 bits per heavy atom. The van der Waals surface area contributed by atoms with E-state index in [1.54, 1.807) is 24.5 Å². The van der Waals surface area contributed by atoms with E-state index in [4.69, 9.17) is 11.6 Å². The van der Waals surface area contributed by atoms with Crippen LogP contribution in [0.2, 0.25) is 5.02 Å². The van der Waals surface area contributed by atoms with Crippen molar-refractivity contribution in [1.82, 2.24) is 15.3 Å². The maximum Gasteiger partial charge on any atom is 0.227 e. The smallest absolute Gasteiger partial charge is 0.227 e. The lowest BCUT2D eigenvalue weighted by atomic mass is 10.0. The van der Waals surface area contributed by atoms with Gasteiger partial charge in [0.2, 0.25) is 5.91 Å². The van der Waals surface area contributed by atoms with Crippen molar-refractivity contribution < 1.29 is 4.79 Å². The van der Waals surface area contributed by atoms with Crippen LogP contribution in [0.1, 0.15) is 24.2 Å². The predicted molar refractivity (Wildman–Crippen MR) is 70.3 cm³/mol. The zero-order valence-electron chi connectivity index (χ0n) is 9.98. The van der Waals surface area contributed by atoms with Crippen molar-refractivity contribution in [1.29, 1.82) is 0 Å². The fourth-order valence-corrected chi connectivity index (χ4v) is 1.75. The number of H-pyrrole nitrogens is 1. The number of hydrogen-bond donors (Lipinski definition) is 2. The molecule has 4 nitrogen and oxygen atoms in total. The number of carbonyl (C=O) groups is 1. The Balaban J connectivity index is 1.94. The molecule has 0 aliphatic carbocycles. The summed E-state index contributed by atoms with van der Waals surface area (Å²) in [7, 11) is 0. The van der Waals surface area contributed by atoms with E-state index >= 15 is 0 Å². The van der Waals surface area contributed by atoms with Gasteiger partial charge in [-0.3, -0.25) is 4.79 Å². The second-order valence-corrected chi connectivity index (χ2v) is 4.46. The summed E-state index contributed by atoms with van der Waals surface area (Å²) >= 11 is 5.81. The normalized spacial score (nSPS) is 12.1. The third-order valence-corrected chi connectivity index (χ3v) is 3.00. The Morgan fingerprint density at radius 2 is 2.17 bits per heavy atom. The van der Waals surface area contributed by atoms with Crippen molar-refractivity contribution in [3.8, 4) is 0 Å². The maximum atomic E-state index is 11.9. The first-order valence-corrected chi connectivity index (χ1v) is 6.06. The average molecular weight is 264 g/mol. The van der Waals surface area contributed by atoms with Crippen LogP contribution in [-0.4, -0.2) is 15.9 Å². The van der Waals surface area contributed by atoms with Crippen LogP contribution < -0.4 is 5.32 Å². The lowest BCUT2D eigenvalue weighted by Gasteiger charge is -2.11. The van der Waals surface area contributed by atoms with E-state index in [0.29, 0.717) is 11.6 Å². The van der Waals surface area contributed by atoms with Gasteiger partial charge in [0, 0.05) is 17.4 Å². The topological polar surface area (TPSA) is 57.8 Å². The van der Waals surface area contributed by atoms with E-state index in [0.717, 1.165) is 11.4 Å². The van der Waals surface area contributed by atoms with Crippen LogP contribution in [0.4, 0.5) is 0 Å². The number of rotatable bonds is 4. The Hall–Kier alpha value is -1.81. The first-order chi connectivity index (χ1) is 8.66. The van der Waals surface area contributed by atoms with E-state index in [1.807, 2.05) is 19.1 Å². The molecule has 0 spiro atoms. The highest BCUT2D eigenvalue weighted by molar-refractivity contribution is 6.30. The molecule has 0 aliphatic rings. The molecule has 0 saturated heterocycles. The molecule has 0 aliphatic heterocycles. The van der Waals surface area contributed by atoms with Gasteiger partial charge in [-0.05, 0) is 24.6 Å². The van der Waals surface area contributed by atoms with Crippen LogP contribution >= 0.6 is 11.6 Å². The molecule has 1 heterocycles. The molecule has 2 aromatic rings. The van der Waals surface area contributed by atoms with Gasteiger partial charge in [-0.1, -0.05) is 23.7 Å². The Labute approximate surface area is 110 Å². The molecule has 5 heteroatoms. The van der Waals surface area contributed by atoms with E-state index in [2.05, 4.69) is 15.3 Å². The number of halogens is 1. The minimum atomic E-state index is -0.211. The standard InChI is InChI=1S/C13H14ClN3O/c1-9(10-2-4-11(14)5-3-10)13(18)17-8-12-15-6-7-16-12/h2-7,9H,8H2,1H3,(H,15,16)(H,17,18)/t9-/m0/s1. The van der Waals surface area contributed by atoms with E-state index in [9.17, 15) is 4.79 Å².